The van der Waals surface area contributed by atoms with Crippen LogP contribution in [0.15, 0.2) is 36.7 Å². The highest BCUT2D eigenvalue weighted by molar-refractivity contribution is 5.93. The van der Waals surface area contributed by atoms with Gasteiger partial charge in [0.15, 0.2) is 5.69 Å². The molecule has 0 bridgehead atoms. The first-order valence-electron chi connectivity index (χ1n) is 8.03. The summed E-state index contributed by atoms with van der Waals surface area (Å²) in [5.41, 5.74) is 0.991. The lowest BCUT2D eigenvalue weighted by atomic mass is 10.1. The van der Waals surface area contributed by atoms with Gasteiger partial charge in [0.1, 0.15) is 5.69 Å². The molecule has 0 spiro atoms. The monoisotopic (exact) mass is 378 g/mol. The Morgan fingerprint density at radius 2 is 1.78 bits per heavy atom. The summed E-state index contributed by atoms with van der Waals surface area (Å²) in [6.45, 7) is 1.73. The van der Waals surface area contributed by atoms with Crippen LogP contribution in [0.2, 0.25) is 0 Å². The molecule has 0 fully saturated rings. The fourth-order valence-electron chi connectivity index (χ4n) is 2.71. The van der Waals surface area contributed by atoms with E-state index >= 15 is 0 Å². The summed E-state index contributed by atoms with van der Waals surface area (Å²) in [5.74, 6) is -0.653. The lowest BCUT2D eigenvalue weighted by Gasteiger charge is -2.14. The maximum atomic E-state index is 12.8. The van der Waals surface area contributed by atoms with E-state index in [2.05, 4.69) is 20.5 Å². The second-order valence-corrected chi connectivity index (χ2v) is 6.05. The lowest BCUT2D eigenvalue weighted by Crippen LogP contribution is -2.29. The van der Waals surface area contributed by atoms with Gasteiger partial charge in [-0.15, -0.1) is 0 Å². The fraction of sp³-hybridized carbons (Fsp3) is 0.294. The van der Waals surface area contributed by atoms with Gasteiger partial charge in [0.05, 0.1) is 17.4 Å². The third kappa shape index (κ3) is 3.83. The highest BCUT2D eigenvalue weighted by Gasteiger charge is 2.35. The first-order chi connectivity index (χ1) is 12.7. The molecule has 0 saturated carbocycles. The van der Waals surface area contributed by atoms with Gasteiger partial charge in [0, 0.05) is 38.1 Å². The number of hydrogen-bond donors (Lipinski definition) is 1. The highest BCUT2D eigenvalue weighted by Crippen LogP contribution is 2.28. The maximum absolute atomic E-state index is 12.8. The summed E-state index contributed by atoms with van der Waals surface area (Å²) in [4.78, 5) is 16.4. The summed E-state index contributed by atoms with van der Waals surface area (Å²) in [7, 11) is 3.02. The molecule has 1 unspecified atom stereocenters. The Bertz CT molecular complexity index is 961. The predicted molar refractivity (Wildman–Crippen MR) is 90.5 cm³/mol. The van der Waals surface area contributed by atoms with Crippen molar-refractivity contribution in [3.05, 3.63) is 53.7 Å². The zero-order chi connectivity index (χ0) is 19.8. The zero-order valence-corrected chi connectivity index (χ0v) is 14.8. The maximum Gasteiger partial charge on any atom is 0.435 e. The first kappa shape index (κ1) is 18.6. The van der Waals surface area contributed by atoms with Crippen molar-refractivity contribution in [3.63, 3.8) is 0 Å². The summed E-state index contributed by atoms with van der Waals surface area (Å²) >= 11 is 0. The SMILES string of the molecule is CC(NC(=O)c1cc(C(F)(F)F)nn1C)c1cc(-c2ccncc2)nn1C. The molecule has 0 aliphatic rings. The van der Waals surface area contributed by atoms with E-state index in [1.54, 1.807) is 31.0 Å². The third-order valence-corrected chi connectivity index (χ3v) is 4.09. The molecule has 0 aliphatic carbocycles. The number of pyridine rings is 1. The van der Waals surface area contributed by atoms with E-state index in [-0.39, 0.29) is 5.69 Å². The Kier molecular flexibility index (Phi) is 4.73. The van der Waals surface area contributed by atoms with Crippen molar-refractivity contribution in [3.8, 4) is 11.3 Å². The average molecular weight is 378 g/mol. The molecule has 3 aromatic rings. The summed E-state index contributed by atoms with van der Waals surface area (Å²) in [5, 5.41) is 10.4. The van der Waals surface area contributed by atoms with E-state index in [4.69, 9.17) is 0 Å². The number of rotatable bonds is 4. The Morgan fingerprint density at radius 1 is 1.11 bits per heavy atom. The quantitative estimate of drug-likeness (QED) is 0.757. The molecule has 0 radical (unpaired) electrons. The molecule has 0 saturated heterocycles. The Labute approximate surface area is 152 Å². The van der Waals surface area contributed by atoms with Gasteiger partial charge < -0.3 is 5.32 Å². The number of carbonyl (C=O) groups excluding carboxylic acids is 1. The van der Waals surface area contributed by atoms with Crippen LogP contribution in [-0.2, 0) is 20.3 Å². The molecular weight excluding hydrogens is 361 g/mol. The topological polar surface area (TPSA) is 77.6 Å². The van der Waals surface area contributed by atoms with Crippen molar-refractivity contribution in [1.29, 1.82) is 0 Å². The van der Waals surface area contributed by atoms with Crippen molar-refractivity contribution in [2.24, 2.45) is 14.1 Å². The predicted octanol–water partition coefficient (Wildman–Crippen LogP) is 2.73. The van der Waals surface area contributed by atoms with Gasteiger partial charge >= 0.3 is 6.18 Å². The van der Waals surface area contributed by atoms with E-state index in [9.17, 15) is 18.0 Å². The van der Waals surface area contributed by atoms with Crippen LogP contribution in [-0.4, -0.2) is 30.5 Å². The molecule has 3 rings (SSSR count). The zero-order valence-electron chi connectivity index (χ0n) is 14.8. The van der Waals surface area contributed by atoms with Crippen molar-refractivity contribution in [2.45, 2.75) is 19.1 Å². The van der Waals surface area contributed by atoms with Crippen LogP contribution in [0, 0.1) is 0 Å². The van der Waals surface area contributed by atoms with Crippen LogP contribution in [0.4, 0.5) is 13.2 Å². The minimum atomic E-state index is -4.61. The van der Waals surface area contributed by atoms with Crippen LogP contribution >= 0.6 is 0 Å². The van der Waals surface area contributed by atoms with Gasteiger partial charge in [-0.3, -0.25) is 19.1 Å². The summed E-state index contributed by atoms with van der Waals surface area (Å²) < 4.78 is 40.8. The third-order valence-electron chi connectivity index (χ3n) is 4.09. The number of aryl methyl sites for hydroxylation is 2. The summed E-state index contributed by atoms with van der Waals surface area (Å²) in [6.07, 6.45) is -1.31. The van der Waals surface area contributed by atoms with Crippen LogP contribution in [0.1, 0.15) is 34.8 Å². The molecule has 1 atom stereocenters. The Hall–Kier alpha value is -3.17. The molecule has 3 aromatic heterocycles. The second kappa shape index (κ2) is 6.86. The molecule has 27 heavy (non-hydrogen) atoms. The smallest absolute Gasteiger partial charge is 0.343 e. The molecule has 7 nitrogen and oxygen atoms in total. The van der Waals surface area contributed by atoms with Gasteiger partial charge in [0.2, 0.25) is 0 Å². The molecular formula is C17H17F3N6O. The fourth-order valence-corrected chi connectivity index (χ4v) is 2.71. The number of carbonyl (C=O) groups is 1. The van der Waals surface area contributed by atoms with E-state index in [0.717, 1.165) is 16.3 Å². The lowest BCUT2D eigenvalue weighted by molar-refractivity contribution is -0.141. The molecule has 1 amide bonds. The van der Waals surface area contributed by atoms with Gasteiger partial charge in [-0.25, -0.2) is 0 Å². The van der Waals surface area contributed by atoms with Crippen molar-refractivity contribution >= 4 is 5.91 Å². The van der Waals surface area contributed by atoms with Crippen molar-refractivity contribution in [1.82, 2.24) is 29.9 Å². The largest absolute Gasteiger partial charge is 0.435 e. The molecule has 3 heterocycles. The first-order valence-corrected chi connectivity index (χ1v) is 8.03. The Balaban J connectivity index is 1.80. The number of nitrogens with zero attached hydrogens (tertiary/aromatic N) is 5. The second-order valence-electron chi connectivity index (χ2n) is 6.05. The molecule has 10 heteroatoms. The van der Waals surface area contributed by atoms with Crippen LogP contribution in [0.25, 0.3) is 11.3 Å². The van der Waals surface area contributed by atoms with Gasteiger partial charge in [-0.05, 0) is 25.1 Å². The minimum absolute atomic E-state index is 0.175. The van der Waals surface area contributed by atoms with E-state index < -0.39 is 23.8 Å². The number of alkyl halides is 3. The molecule has 142 valence electrons. The number of hydrogen-bond acceptors (Lipinski definition) is 4. The van der Waals surface area contributed by atoms with Crippen molar-refractivity contribution < 1.29 is 18.0 Å². The number of nitrogens with one attached hydrogen (secondary N) is 1. The standard InChI is InChI=1S/C17H17F3N6O/c1-10(13-8-12(23-25(13)2)11-4-6-21-7-5-11)22-16(27)14-9-15(17(18,19)20)24-26(14)3/h4-10H,1-3H3,(H,22,27). The van der Waals surface area contributed by atoms with Gasteiger partial charge in [0.25, 0.3) is 5.91 Å². The van der Waals surface area contributed by atoms with E-state index in [0.29, 0.717) is 11.4 Å². The average Bonchev–Trinajstić information content (AvgIpc) is 3.18. The number of halogens is 3. The normalized spacial score (nSPS) is 12.8. The minimum Gasteiger partial charge on any atom is -0.343 e. The van der Waals surface area contributed by atoms with Gasteiger partial charge in [-0.2, -0.15) is 23.4 Å². The van der Waals surface area contributed by atoms with Crippen LogP contribution in [0.5, 0.6) is 0 Å². The molecule has 0 aliphatic heterocycles. The van der Waals surface area contributed by atoms with Crippen LogP contribution < -0.4 is 5.32 Å². The number of amides is 1. The van der Waals surface area contributed by atoms with Crippen molar-refractivity contribution in [2.75, 3.05) is 0 Å². The highest BCUT2D eigenvalue weighted by atomic mass is 19.4. The van der Waals surface area contributed by atoms with Crippen LogP contribution in [0.3, 0.4) is 0 Å². The molecule has 0 aromatic carbocycles. The van der Waals surface area contributed by atoms with E-state index in [1.807, 2.05) is 18.2 Å². The number of aromatic nitrogens is 5. The Morgan fingerprint density at radius 3 is 2.37 bits per heavy atom. The molecule has 1 N–H and O–H groups in total. The summed E-state index contributed by atoms with van der Waals surface area (Å²) in [6, 6.07) is 5.68. The van der Waals surface area contributed by atoms with Gasteiger partial charge in [-0.1, -0.05) is 0 Å². The van der Waals surface area contributed by atoms with E-state index in [1.165, 1.54) is 7.05 Å².